The molecule has 3 heterocycles. The molecule has 206 valence electrons. The summed E-state index contributed by atoms with van der Waals surface area (Å²) in [5.41, 5.74) is -0.867. The van der Waals surface area contributed by atoms with Crippen molar-refractivity contribution in [2.45, 2.75) is 63.7 Å². The van der Waals surface area contributed by atoms with Crippen molar-refractivity contribution in [2.24, 2.45) is 0 Å². The molecule has 0 unspecified atom stereocenters. The molecule has 1 aliphatic heterocycles. The summed E-state index contributed by atoms with van der Waals surface area (Å²) in [4.78, 5) is 54.8. The number of anilines is 1. The molecule has 18 heteroatoms. The Bertz CT molecular complexity index is 1200. The lowest BCUT2D eigenvalue weighted by Gasteiger charge is -2.20. The van der Waals surface area contributed by atoms with Crippen LogP contribution in [0.3, 0.4) is 0 Å². The molecular weight excluding hydrogens is 544 g/mol. The summed E-state index contributed by atoms with van der Waals surface area (Å²) >= 11 is 5.98. The van der Waals surface area contributed by atoms with Gasteiger partial charge in [0.05, 0.1) is 19.5 Å². The Labute approximate surface area is 214 Å². The molecule has 2 aromatic heterocycles. The summed E-state index contributed by atoms with van der Waals surface area (Å²) in [5.74, 6) is -3.74. The number of imidazole rings is 1. The lowest BCUT2D eigenvalue weighted by atomic mass is 10.1. The van der Waals surface area contributed by atoms with E-state index in [1.165, 1.54) is 6.92 Å². The van der Waals surface area contributed by atoms with E-state index in [4.69, 9.17) is 25.8 Å². The first-order chi connectivity index (χ1) is 17.1. The molecule has 0 aromatic carbocycles. The van der Waals surface area contributed by atoms with Crippen LogP contribution in [0.2, 0.25) is 5.28 Å². The molecule has 37 heavy (non-hydrogen) atoms. The smallest absolute Gasteiger partial charge is 0.413 e. The van der Waals surface area contributed by atoms with E-state index in [0.29, 0.717) is 0 Å². The predicted molar refractivity (Wildman–Crippen MR) is 123 cm³/mol. The summed E-state index contributed by atoms with van der Waals surface area (Å²) in [6.07, 6.45) is -6.63. The van der Waals surface area contributed by atoms with Gasteiger partial charge in [-0.2, -0.15) is 9.97 Å². The van der Waals surface area contributed by atoms with Gasteiger partial charge < -0.3 is 33.8 Å². The van der Waals surface area contributed by atoms with Gasteiger partial charge in [-0.3, -0.25) is 14.4 Å². The van der Waals surface area contributed by atoms with E-state index in [2.05, 4.69) is 25.0 Å². The number of alkyl halides is 1. The van der Waals surface area contributed by atoms with Crippen LogP contribution >= 0.6 is 19.2 Å². The van der Waals surface area contributed by atoms with Crippen molar-refractivity contribution in [2.75, 3.05) is 18.5 Å². The largest absolute Gasteiger partial charge is 0.464 e. The Morgan fingerprint density at radius 3 is 2.62 bits per heavy atom. The van der Waals surface area contributed by atoms with Gasteiger partial charge in [0.2, 0.25) is 5.28 Å². The first-order valence-corrected chi connectivity index (χ1v) is 12.9. The van der Waals surface area contributed by atoms with E-state index in [1.807, 2.05) is 0 Å². The average Bonchev–Trinajstić information content (AvgIpc) is 3.27. The molecule has 0 aliphatic carbocycles. The fraction of sp³-hybridized carbons (Fsp3) is 0.632. The van der Waals surface area contributed by atoms with E-state index in [-0.39, 0.29) is 28.9 Å². The highest BCUT2D eigenvalue weighted by Gasteiger charge is 2.48. The molecule has 5 atom stereocenters. The van der Waals surface area contributed by atoms with Gasteiger partial charge in [0.25, 0.3) is 5.85 Å². The van der Waals surface area contributed by atoms with Crippen molar-refractivity contribution < 1.29 is 52.4 Å². The number of nitrogens with zero attached hydrogens (tertiary/aromatic N) is 4. The predicted octanol–water partition coefficient (Wildman–Crippen LogP) is 1.51. The maximum absolute atomic E-state index is 15.1. The summed E-state index contributed by atoms with van der Waals surface area (Å²) in [5, 5.41) is 12.4. The number of esters is 1. The van der Waals surface area contributed by atoms with Gasteiger partial charge in [0.1, 0.15) is 17.8 Å². The normalized spacial score (nSPS) is 23.2. The number of rotatable bonds is 8. The number of ether oxygens (including phenoxy) is 4. The Hall–Kier alpha value is -2.46. The standard InChI is InChI=1S/C19H26ClFN5O10P/c1-5-33-15(28)16(37(30,31)32)34-6-8-11(27)9(21)14(35-8)26-7-22-10-12(23-17(20)25-13(10)26)24-18(29)36-19(2,3)4/h7-9,11,14,16,27H,5-6H2,1-4H3,(H2,30,31,32)(H,23,24,25,29)/t8-,9+,11-,14-,16-/m1/s1. The number of carbonyl (C=O) groups excluding carboxylic acids is 2. The number of halogens is 2. The molecule has 0 spiro atoms. The molecule has 4 N–H and O–H groups in total. The van der Waals surface area contributed by atoms with Crippen LogP contribution in [0.1, 0.15) is 33.9 Å². The Kier molecular flexibility index (Phi) is 8.74. The van der Waals surface area contributed by atoms with Gasteiger partial charge in [-0.1, -0.05) is 0 Å². The first-order valence-electron chi connectivity index (χ1n) is 10.8. The summed E-state index contributed by atoms with van der Waals surface area (Å²) in [6, 6.07) is 0. The van der Waals surface area contributed by atoms with Gasteiger partial charge in [-0.25, -0.2) is 19.0 Å². The molecule has 3 rings (SSSR count). The number of carbonyl (C=O) groups is 2. The zero-order valence-electron chi connectivity index (χ0n) is 20.1. The highest BCUT2D eigenvalue weighted by atomic mass is 35.5. The molecule has 0 bridgehead atoms. The Balaban J connectivity index is 1.82. The summed E-state index contributed by atoms with van der Waals surface area (Å²) in [7, 11) is -5.10. The van der Waals surface area contributed by atoms with Gasteiger partial charge >= 0.3 is 19.7 Å². The minimum Gasteiger partial charge on any atom is -0.464 e. The number of aliphatic hydroxyl groups is 1. The zero-order valence-corrected chi connectivity index (χ0v) is 21.7. The van der Waals surface area contributed by atoms with Gasteiger partial charge in [-0.05, 0) is 39.3 Å². The van der Waals surface area contributed by atoms with E-state index in [9.17, 15) is 29.0 Å². The molecule has 1 saturated heterocycles. The highest BCUT2D eigenvalue weighted by molar-refractivity contribution is 7.53. The van der Waals surface area contributed by atoms with Crippen molar-refractivity contribution in [1.82, 2.24) is 19.5 Å². The lowest BCUT2D eigenvalue weighted by molar-refractivity contribution is -0.155. The third kappa shape index (κ3) is 6.90. The molecule has 1 amide bonds. The fourth-order valence-electron chi connectivity index (χ4n) is 3.33. The van der Waals surface area contributed by atoms with Gasteiger partial charge in [-0.15, -0.1) is 0 Å². The topological polar surface area (TPSA) is 204 Å². The minimum atomic E-state index is -5.10. The molecule has 2 aromatic rings. The van der Waals surface area contributed by atoms with Crippen molar-refractivity contribution in [1.29, 1.82) is 0 Å². The molecule has 0 radical (unpaired) electrons. The van der Waals surface area contributed by atoms with E-state index in [0.717, 1.165) is 10.9 Å². The second kappa shape index (κ2) is 11.1. The molecule has 1 aliphatic rings. The Morgan fingerprint density at radius 1 is 1.35 bits per heavy atom. The fourth-order valence-corrected chi connectivity index (χ4v) is 4.12. The Morgan fingerprint density at radius 2 is 2.03 bits per heavy atom. The van der Waals surface area contributed by atoms with Crippen molar-refractivity contribution in [3.63, 3.8) is 0 Å². The summed E-state index contributed by atoms with van der Waals surface area (Å²) < 4.78 is 48.0. The minimum absolute atomic E-state index is 0.00382. The quantitative estimate of drug-likeness (QED) is 0.202. The van der Waals surface area contributed by atoms with Crippen LogP contribution in [0.5, 0.6) is 0 Å². The lowest BCUT2D eigenvalue weighted by Crippen LogP contribution is -2.35. The number of hydrogen-bond donors (Lipinski definition) is 4. The van der Waals surface area contributed by atoms with E-state index >= 15 is 4.39 Å². The monoisotopic (exact) mass is 569 g/mol. The summed E-state index contributed by atoms with van der Waals surface area (Å²) in [6.45, 7) is 5.46. The molecule has 0 saturated carbocycles. The zero-order chi connectivity index (χ0) is 27.7. The molecular formula is C19H26ClFN5O10P. The molecule has 15 nitrogen and oxygen atoms in total. The van der Waals surface area contributed by atoms with Crippen molar-refractivity contribution in [3.05, 3.63) is 11.6 Å². The van der Waals surface area contributed by atoms with Crippen LogP contribution in [0.25, 0.3) is 11.2 Å². The van der Waals surface area contributed by atoms with Crippen molar-refractivity contribution >= 4 is 48.2 Å². The second-order valence-corrected chi connectivity index (χ2v) is 10.8. The number of aliphatic hydroxyl groups excluding tert-OH is 1. The highest BCUT2D eigenvalue weighted by Crippen LogP contribution is 2.43. The van der Waals surface area contributed by atoms with Crippen LogP contribution in [0.4, 0.5) is 15.0 Å². The van der Waals surface area contributed by atoms with E-state index in [1.54, 1.807) is 20.8 Å². The van der Waals surface area contributed by atoms with Crippen molar-refractivity contribution in [3.8, 4) is 0 Å². The van der Waals surface area contributed by atoms with Crippen LogP contribution < -0.4 is 5.32 Å². The maximum atomic E-state index is 15.1. The molecule has 1 fully saturated rings. The maximum Gasteiger partial charge on any atom is 0.413 e. The van der Waals surface area contributed by atoms with Crippen LogP contribution in [0, 0.1) is 0 Å². The van der Waals surface area contributed by atoms with Gasteiger partial charge in [0.15, 0.2) is 29.4 Å². The number of amides is 1. The number of aromatic nitrogens is 4. The average molecular weight is 570 g/mol. The second-order valence-electron chi connectivity index (χ2n) is 8.82. The first kappa shape index (κ1) is 29.1. The SMILES string of the molecule is CCOC(=O)[C@H](OC[C@H]1O[C@@H](n2cnc3c(NC(=O)OC(C)(C)C)nc(Cl)nc32)[C@@H](F)[C@@H]1O)P(=O)(O)O. The van der Waals surface area contributed by atoms with Crippen LogP contribution in [-0.4, -0.2) is 89.5 Å². The van der Waals surface area contributed by atoms with Crippen LogP contribution in [-0.2, 0) is 28.3 Å². The number of fused-ring (bicyclic) bond motifs is 1. The number of nitrogens with one attached hydrogen (secondary N) is 1. The third-order valence-electron chi connectivity index (χ3n) is 4.79. The third-order valence-corrected chi connectivity index (χ3v) is 5.93. The van der Waals surface area contributed by atoms with Gasteiger partial charge in [0, 0.05) is 0 Å². The van der Waals surface area contributed by atoms with E-state index < -0.39 is 62.3 Å². The van der Waals surface area contributed by atoms with Crippen LogP contribution in [0.15, 0.2) is 6.33 Å². The number of hydrogen-bond acceptors (Lipinski definition) is 11.